The highest BCUT2D eigenvalue weighted by molar-refractivity contribution is 9.10. The smallest absolute Gasteiger partial charge is 0.304 e. The zero-order valence-electron chi connectivity index (χ0n) is 15.1. The molecule has 2 rings (SSSR count). The molecule has 1 heterocycles. The minimum absolute atomic E-state index is 0.155. The lowest BCUT2D eigenvalue weighted by Gasteiger charge is -2.39. The van der Waals surface area contributed by atoms with Crippen LogP contribution in [0, 0.1) is 0 Å². The first-order valence-corrected chi connectivity index (χ1v) is 11.2. The fraction of sp³-hybridized carbons (Fsp3) is 0.667. The molecule has 1 aliphatic rings. The van der Waals surface area contributed by atoms with Crippen molar-refractivity contribution in [2.24, 2.45) is 0 Å². The summed E-state index contributed by atoms with van der Waals surface area (Å²) in [6, 6.07) is 8.01. The zero-order valence-corrected chi connectivity index (χ0v) is 17.6. The van der Waals surface area contributed by atoms with Gasteiger partial charge in [-0.2, -0.15) is 0 Å². The van der Waals surface area contributed by atoms with Crippen LogP contribution in [0.2, 0.25) is 0 Å². The number of piperidine rings is 1. The van der Waals surface area contributed by atoms with Crippen LogP contribution in [-0.4, -0.2) is 30.2 Å². The Hall–Kier alpha value is -0.190. The Morgan fingerprint density at radius 2 is 1.46 bits per heavy atom. The third-order valence-electron chi connectivity index (χ3n) is 3.92. The van der Waals surface area contributed by atoms with Gasteiger partial charge in [0.2, 0.25) is 0 Å². The van der Waals surface area contributed by atoms with Gasteiger partial charge in [0.25, 0.3) is 0 Å². The van der Waals surface area contributed by atoms with Crippen LogP contribution >= 0.6 is 23.5 Å². The zero-order chi connectivity index (χ0) is 17.7. The number of benzene rings is 1. The highest BCUT2D eigenvalue weighted by Crippen LogP contribution is 2.64. The molecule has 0 aromatic heterocycles. The quantitative estimate of drug-likeness (QED) is 0.511. The molecule has 0 amide bonds. The number of halogens is 1. The maximum Gasteiger partial charge on any atom is 0.352 e. The van der Waals surface area contributed by atoms with Crippen LogP contribution in [0.1, 0.15) is 58.3 Å². The van der Waals surface area contributed by atoms with Crippen molar-refractivity contribution < 1.29 is 13.6 Å². The SMILES string of the molecule is CC(C)OP(=O)(OC(C)C)C(c1ccc(Br)cc1)N1CCCCC1. The normalized spacial score (nSPS) is 18.3. The summed E-state index contributed by atoms with van der Waals surface area (Å²) in [6.45, 7) is 9.48. The van der Waals surface area contributed by atoms with E-state index >= 15 is 0 Å². The molecule has 4 nitrogen and oxygen atoms in total. The molecule has 0 N–H and O–H groups in total. The predicted molar refractivity (Wildman–Crippen MR) is 102 cm³/mol. The molecule has 1 atom stereocenters. The second kappa shape index (κ2) is 8.95. The van der Waals surface area contributed by atoms with Crippen molar-refractivity contribution in [1.29, 1.82) is 0 Å². The van der Waals surface area contributed by atoms with E-state index in [1.54, 1.807) is 0 Å². The van der Waals surface area contributed by atoms with Crippen molar-refractivity contribution in [1.82, 2.24) is 4.90 Å². The fourth-order valence-electron chi connectivity index (χ4n) is 3.12. The second-order valence-corrected chi connectivity index (χ2v) is 9.78. The standard InChI is InChI=1S/C18H29BrNO3P/c1-14(2)22-24(21,23-15(3)4)18(20-12-6-5-7-13-20)16-8-10-17(19)11-9-16/h8-11,14-15,18H,5-7,12-13H2,1-4H3. The van der Waals surface area contributed by atoms with Crippen LogP contribution in [0.4, 0.5) is 0 Å². The van der Waals surface area contributed by atoms with E-state index in [0.29, 0.717) is 0 Å². The molecule has 0 spiro atoms. The van der Waals surface area contributed by atoms with E-state index in [2.05, 4.69) is 20.8 Å². The van der Waals surface area contributed by atoms with Crippen LogP contribution in [0.15, 0.2) is 28.7 Å². The molecule has 1 aliphatic heterocycles. The van der Waals surface area contributed by atoms with E-state index in [0.717, 1.165) is 36.0 Å². The Balaban J connectivity index is 2.44. The second-order valence-electron chi connectivity index (χ2n) is 6.87. The van der Waals surface area contributed by atoms with Gasteiger partial charge in [-0.25, -0.2) is 0 Å². The van der Waals surface area contributed by atoms with Gasteiger partial charge in [0, 0.05) is 4.47 Å². The Bertz CT molecular complexity index is 542. The van der Waals surface area contributed by atoms with Gasteiger partial charge in [-0.05, 0) is 71.3 Å². The highest BCUT2D eigenvalue weighted by atomic mass is 79.9. The largest absolute Gasteiger partial charge is 0.352 e. The summed E-state index contributed by atoms with van der Waals surface area (Å²) in [7, 11) is -3.34. The molecule has 1 fully saturated rings. The summed E-state index contributed by atoms with van der Waals surface area (Å²) in [4.78, 5) is 2.28. The van der Waals surface area contributed by atoms with Crippen molar-refractivity contribution >= 4 is 23.5 Å². The van der Waals surface area contributed by atoms with Crippen LogP contribution in [0.3, 0.4) is 0 Å². The van der Waals surface area contributed by atoms with Gasteiger partial charge in [-0.1, -0.05) is 34.5 Å². The lowest BCUT2D eigenvalue weighted by atomic mass is 10.1. The summed E-state index contributed by atoms with van der Waals surface area (Å²) in [5.74, 6) is -0.351. The van der Waals surface area contributed by atoms with Crippen molar-refractivity contribution in [3.05, 3.63) is 34.3 Å². The van der Waals surface area contributed by atoms with Gasteiger partial charge in [0.1, 0.15) is 5.78 Å². The van der Waals surface area contributed by atoms with Crippen LogP contribution in [-0.2, 0) is 13.6 Å². The van der Waals surface area contributed by atoms with Gasteiger partial charge in [0.15, 0.2) is 0 Å². The molecular weight excluding hydrogens is 389 g/mol. The lowest BCUT2D eigenvalue weighted by molar-refractivity contribution is 0.104. The Morgan fingerprint density at radius 3 is 1.92 bits per heavy atom. The third kappa shape index (κ3) is 5.40. The fourth-order valence-corrected chi connectivity index (χ4v) is 6.01. The molecule has 0 radical (unpaired) electrons. The monoisotopic (exact) mass is 417 g/mol. The van der Waals surface area contributed by atoms with E-state index in [1.165, 1.54) is 6.42 Å². The van der Waals surface area contributed by atoms with E-state index in [-0.39, 0.29) is 18.0 Å². The number of rotatable bonds is 7. The van der Waals surface area contributed by atoms with Crippen molar-refractivity contribution in [3.8, 4) is 0 Å². The molecule has 1 aromatic carbocycles. The minimum Gasteiger partial charge on any atom is -0.304 e. The number of hydrogen-bond acceptors (Lipinski definition) is 4. The topological polar surface area (TPSA) is 38.8 Å². The van der Waals surface area contributed by atoms with Gasteiger partial charge < -0.3 is 9.05 Å². The van der Waals surface area contributed by atoms with Crippen molar-refractivity contribution in [2.45, 2.75) is 64.9 Å². The molecule has 1 aromatic rings. The van der Waals surface area contributed by atoms with E-state index in [4.69, 9.17) is 9.05 Å². The maximum atomic E-state index is 13.8. The summed E-state index contributed by atoms with van der Waals surface area (Å²) >= 11 is 3.48. The third-order valence-corrected chi connectivity index (χ3v) is 7.10. The first-order valence-electron chi connectivity index (χ1n) is 8.78. The van der Waals surface area contributed by atoms with E-state index in [9.17, 15) is 4.57 Å². The van der Waals surface area contributed by atoms with Crippen LogP contribution < -0.4 is 0 Å². The van der Waals surface area contributed by atoms with Gasteiger partial charge >= 0.3 is 7.60 Å². The van der Waals surface area contributed by atoms with Gasteiger partial charge in [-0.3, -0.25) is 9.46 Å². The highest BCUT2D eigenvalue weighted by Gasteiger charge is 2.43. The maximum absolute atomic E-state index is 13.8. The molecule has 1 unspecified atom stereocenters. The Morgan fingerprint density at radius 1 is 0.958 bits per heavy atom. The lowest BCUT2D eigenvalue weighted by Crippen LogP contribution is -2.35. The Labute approximate surface area is 154 Å². The molecule has 0 aliphatic carbocycles. The molecular formula is C18H29BrNO3P. The molecule has 136 valence electrons. The van der Waals surface area contributed by atoms with Gasteiger partial charge in [0.05, 0.1) is 12.2 Å². The number of nitrogens with zero attached hydrogens (tertiary/aromatic N) is 1. The minimum atomic E-state index is -3.34. The predicted octanol–water partition coefficient (Wildman–Crippen LogP) is 5.98. The number of likely N-dealkylation sites (tertiary alicyclic amines) is 1. The van der Waals surface area contributed by atoms with Gasteiger partial charge in [-0.15, -0.1) is 0 Å². The first-order chi connectivity index (χ1) is 11.3. The summed E-state index contributed by atoms with van der Waals surface area (Å²) in [6.07, 6.45) is 3.16. The molecule has 1 saturated heterocycles. The average Bonchev–Trinajstić information content (AvgIpc) is 2.48. The number of hydrogen-bond donors (Lipinski definition) is 0. The van der Waals surface area contributed by atoms with Crippen LogP contribution in [0.25, 0.3) is 0 Å². The first kappa shape index (κ1) is 20.1. The molecule has 0 bridgehead atoms. The van der Waals surface area contributed by atoms with Crippen molar-refractivity contribution in [3.63, 3.8) is 0 Å². The summed E-state index contributed by atoms with van der Waals surface area (Å²) < 4.78 is 26.7. The Kier molecular flexibility index (Phi) is 7.51. The summed E-state index contributed by atoms with van der Waals surface area (Å²) in [5, 5.41) is 0. The summed E-state index contributed by atoms with van der Waals surface area (Å²) in [5.41, 5.74) is 0.990. The average molecular weight is 418 g/mol. The molecule has 6 heteroatoms. The van der Waals surface area contributed by atoms with Crippen LogP contribution in [0.5, 0.6) is 0 Å². The van der Waals surface area contributed by atoms with E-state index < -0.39 is 7.60 Å². The molecule has 0 saturated carbocycles. The van der Waals surface area contributed by atoms with Crippen molar-refractivity contribution in [2.75, 3.05) is 13.1 Å². The van der Waals surface area contributed by atoms with E-state index in [1.807, 2.05) is 52.0 Å². The molecule has 24 heavy (non-hydrogen) atoms.